The highest BCUT2D eigenvalue weighted by Gasteiger charge is 2.14. The first-order valence-electron chi connectivity index (χ1n) is 3.61. The molecule has 1 rings (SSSR count). The molecule has 1 heterocycles. The van der Waals surface area contributed by atoms with E-state index in [4.69, 9.17) is 5.26 Å². The van der Waals surface area contributed by atoms with Crippen LogP contribution in [-0.4, -0.2) is 46.2 Å². The molecule has 0 N–H and O–H groups in total. The van der Waals surface area contributed by atoms with Crippen molar-refractivity contribution in [1.82, 2.24) is 9.47 Å². The molecule has 4 heteroatoms. The van der Waals surface area contributed by atoms with Crippen molar-refractivity contribution in [3.05, 3.63) is 0 Å². The molecule has 56 valence electrons. The summed E-state index contributed by atoms with van der Waals surface area (Å²) in [4.78, 5) is 2.33. The Morgan fingerprint density at radius 3 is 2.80 bits per heavy atom. The predicted octanol–water partition coefficient (Wildman–Crippen LogP) is -1.24. The van der Waals surface area contributed by atoms with Gasteiger partial charge in [0.1, 0.15) is 0 Å². The highest BCUT2D eigenvalue weighted by Crippen LogP contribution is 2.00. The zero-order chi connectivity index (χ0) is 7.40. The quantitative estimate of drug-likeness (QED) is 0.467. The Balaban J connectivity index is 2.14. The van der Waals surface area contributed by atoms with Gasteiger partial charge in [0.05, 0.1) is 16.5 Å². The van der Waals surface area contributed by atoms with Crippen LogP contribution in [0.2, 0.25) is 0 Å². The van der Waals surface area contributed by atoms with Crippen molar-refractivity contribution in [3.63, 3.8) is 0 Å². The Morgan fingerprint density at radius 2 is 2.30 bits per heavy atom. The van der Waals surface area contributed by atoms with Crippen molar-refractivity contribution in [2.24, 2.45) is 0 Å². The molecule has 0 saturated carbocycles. The zero-order valence-corrected chi connectivity index (χ0v) is 8.38. The van der Waals surface area contributed by atoms with Gasteiger partial charge in [-0.25, -0.2) is 0 Å². The number of hydrogen-bond acceptors (Lipinski definition) is 3. The zero-order valence-electron chi connectivity index (χ0n) is 6.38. The lowest BCUT2D eigenvalue weighted by atomic mass is 10.4. The van der Waals surface area contributed by atoms with E-state index in [1.165, 1.54) is 6.54 Å². The summed E-state index contributed by atoms with van der Waals surface area (Å²) in [6.07, 6.45) is 0.676. The van der Waals surface area contributed by atoms with E-state index in [0.29, 0.717) is 6.42 Å². The minimum absolute atomic E-state index is 0.676. The number of nitrogens with zero attached hydrogens (tertiary/aromatic N) is 3. The second-order valence-corrected chi connectivity index (χ2v) is 4.01. The minimum atomic E-state index is 0.676. The molecular formula is C6H13N3Si. The van der Waals surface area contributed by atoms with E-state index in [2.05, 4.69) is 15.5 Å². The maximum absolute atomic E-state index is 8.31. The van der Waals surface area contributed by atoms with Crippen LogP contribution in [0, 0.1) is 11.3 Å². The van der Waals surface area contributed by atoms with Gasteiger partial charge in [0.25, 0.3) is 0 Å². The van der Waals surface area contributed by atoms with Gasteiger partial charge in [-0.3, -0.25) is 4.90 Å². The molecule has 0 aliphatic carbocycles. The number of rotatable bonds is 2. The smallest absolute Gasteiger partial charge is 0.0800 e. The second-order valence-electron chi connectivity index (χ2n) is 2.75. The van der Waals surface area contributed by atoms with Crippen LogP contribution in [0.4, 0.5) is 0 Å². The van der Waals surface area contributed by atoms with Gasteiger partial charge in [-0.05, 0) is 0 Å². The molecule has 1 fully saturated rings. The average Bonchev–Trinajstić information content (AvgIpc) is 2.31. The third-order valence-electron chi connectivity index (χ3n) is 1.78. The van der Waals surface area contributed by atoms with Crippen molar-refractivity contribution in [2.45, 2.75) is 6.42 Å². The molecule has 0 bridgehead atoms. The highest BCUT2D eigenvalue weighted by atomic mass is 28.2. The lowest BCUT2D eigenvalue weighted by Crippen LogP contribution is -2.24. The average molecular weight is 155 g/mol. The van der Waals surface area contributed by atoms with Crippen molar-refractivity contribution in [2.75, 3.05) is 26.3 Å². The third-order valence-corrected chi connectivity index (χ3v) is 2.51. The maximum Gasteiger partial charge on any atom is 0.0800 e. The van der Waals surface area contributed by atoms with Crippen molar-refractivity contribution >= 4 is 10.4 Å². The molecule has 3 nitrogen and oxygen atoms in total. The summed E-state index contributed by atoms with van der Waals surface area (Å²) < 4.78 is 2.40. The molecule has 0 unspecified atom stereocenters. The fraction of sp³-hybridized carbons (Fsp3) is 0.833. The Bertz CT molecular complexity index is 142. The minimum Gasteiger partial charge on any atom is -0.319 e. The van der Waals surface area contributed by atoms with Crippen LogP contribution in [-0.2, 0) is 0 Å². The van der Waals surface area contributed by atoms with Crippen LogP contribution in [0.3, 0.4) is 0 Å². The molecule has 0 aromatic rings. The maximum atomic E-state index is 8.31. The van der Waals surface area contributed by atoms with Crippen LogP contribution in [0.1, 0.15) is 6.42 Å². The van der Waals surface area contributed by atoms with Gasteiger partial charge < -0.3 is 4.57 Å². The summed E-state index contributed by atoms with van der Waals surface area (Å²) in [5, 5.41) is 8.31. The topological polar surface area (TPSA) is 30.3 Å². The largest absolute Gasteiger partial charge is 0.319 e. The van der Waals surface area contributed by atoms with E-state index in [-0.39, 0.29) is 0 Å². The Morgan fingerprint density at radius 1 is 1.50 bits per heavy atom. The third kappa shape index (κ3) is 2.10. The van der Waals surface area contributed by atoms with Crippen LogP contribution in [0.5, 0.6) is 0 Å². The van der Waals surface area contributed by atoms with Gasteiger partial charge >= 0.3 is 0 Å². The molecular weight excluding hydrogens is 142 g/mol. The van der Waals surface area contributed by atoms with E-state index in [9.17, 15) is 0 Å². The van der Waals surface area contributed by atoms with Crippen molar-refractivity contribution in [3.8, 4) is 6.07 Å². The molecule has 0 aromatic heterocycles. The van der Waals surface area contributed by atoms with Gasteiger partial charge in [-0.1, -0.05) is 0 Å². The Labute approximate surface area is 64.7 Å². The number of hydrogen-bond donors (Lipinski definition) is 0. The molecule has 10 heavy (non-hydrogen) atoms. The number of nitriles is 1. The summed E-state index contributed by atoms with van der Waals surface area (Å²) in [6.45, 7) is 4.41. The first-order chi connectivity index (χ1) is 4.83. The van der Waals surface area contributed by atoms with E-state index < -0.39 is 0 Å². The Kier molecular flexibility index (Phi) is 2.87. The van der Waals surface area contributed by atoms with Crippen LogP contribution in [0.25, 0.3) is 0 Å². The molecule has 1 aliphatic heterocycles. The van der Waals surface area contributed by atoms with Crippen LogP contribution in [0.15, 0.2) is 0 Å². The molecule has 0 radical (unpaired) electrons. The van der Waals surface area contributed by atoms with E-state index in [0.717, 1.165) is 30.2 Å². The molecule has 0 spiro atoms. The fourth-order valence-corrected chi connectivity index (χ4v) is 1.79. The SMILES string of the molecule is N#CCCN1CCN([SiH3])C1. The molecule has 0 aromatic carbocycles. The van der Waals surface area contributed by atoms with Crippen molar-refractivity contribution in [1.29, 1.82) is 5.26 Å². The highest BCUT2D eigenvalue weighted by molar-refractivity contribution is 6.04. The first kappa shape index (κ1) is 7.73. The lowest BCUT2D eigenvalue weighted by Gasteiger charge is -2.12. The van der Waals surface area contributed by atoms with E-state index in [1.54, 1.807) is 0 Å². The fourth-order valence-electron chi connectivity index (χ4n) is 1.19. The standard InChI is InChI=1S/C6H13N3Si/c7-2-1-3-8-4-5-9(10)6-8/h1,3-6H2,10H3. The van der Waals surface area contributed by atoms with Gasteiger partial charge in [-0.15, -0.1) is 0 Å². The molecule has 0 atom stereocenters. The van der Waals surface area contributed by atoms with Gasteiger partial charge in [0.2, 0.25) is 0 Å². The molecule has 1 aliphatic rings. The normalized spacial score (nSPS) is 21.5. The summed E-state index contributed by atoms with van der Waals surface area (Å²) in [7, 11) is 1.16. The van der Waals surface area contributed by atoms with Crippen LogP contribution >= 0.6 is 0 Å². The first-order valence-corrected chi connectivity index (χ1v) is 4.50. The second kappa shape index (κ2) is 3.71. The van der Waals surface area contributed by atoms with Gasteiger partial charge in [0.15, 0.2) is 0 Å². The lowest BCUT2D eigenvalue weighted by molar-refractivity contribution is 0.315. The predicted molar refractivity (Wildman–Crippen MR) is 43.3 cm³/mol. The molecule has 1 saturated heterocycles. The summed E-state index contributed by atoms with van der Waals surface area (Å²) in [6, 6.07) is 2.16. The summed E-state index contributed by atoms with van der Waals surface area (Å²) >= 11 is 0. The monoisotopic (exact) mass is 155 g/mol. The van der Waals surface area contributed by atoms with Crippen LogP contribution < -0.4 is 0 Å². The van der Waals surface area contributed by atoms with E-state index in [1.807, 2.05) is 0 Å². The molecule has 0 amide bonds. The summed E-state index contributed by atoms with van der Waals surface area (Å²) in [5.41, 5.74) is 0. The van der Waals surface area contributed by atoms with E-state index >= 15 is 0 Å². The van der Waals surface area contributed by atoms with Gasteiger partial charge in [0, 0.05) is 32.7 Å². The summed E-state index contributed by atoms with van der Waals surface area (Å²) in [5.74, 6) is 0. The van der Waals surface area contributed by atoms with Crippen molar-refractivity contribution < 1.29 is 0 Å². The Hall–Kier alpha value is -0.373. The van der Waals surface area contributed by atoms with Gasteiger partial charge in [-0.2, -0.15) is 5.26 Å².